The summed E-state index contributed by atoms with van der Waals surface area (Å²) in [6.07, 6.45) is -4.46. The van der Waals surface area contributed by atoms with Crippen LogP contribution in [-0.4, -0.2) is 57.2 Å². The number of amides is 1. The van der Waals surface area contributed by atoms with E-state index in [0.29, 0.717) is 10.5 Å². The molecule has 1 unspecified atom stereocenters. The predicted molar refractivity (Wildman–Crippen MR) is 89.6 cm³/mol. The van der Waals surface area contributed by atoms with Crippen molar-refractivity contribution in [1.29, 1.82) is 0 Å². The number of methoxy groups -OCH3 is 1. The third-order valence-electron chi connectivity index (χ3n) is 3.50. The van der Waals surface area contributed by atoms with Crippen LogP contribution in [-0.2, 0) is 4.79 Å². The molecule has 1 aromatic rings. The van der Waals surface area contributed by atoms with E-state index in [-0.39, 0.29) is 24.3 Å². The highest BCUT2D eigenvalue weighted by atomic mass is 19.4. The number of aliphatic imine (C=N–C) groups is 1. The fourth-order valence-corrected chi connectivity index (χ4v) is 2.09. The van der Waals surface area contributed by atoms with Gasteiger partial charge in [0.2, 0.25) is 5.91 Å². The Morgan fingerprint density at radius 2 is 2.04 bits per heavy atom. The van der Waals surface area contributed by atoms with Gasteiger partial charge in [0, 0.05) is 14.1 Å². The summed E-state index contributed by atoms with van der Waals surface area (Å²) in [7, 11) is 3.87. The first kappa shape index (κ1) is 21.5. The summed E-state index contributed by atoms with van der Waals surface area (Å²) >= 11 is 0. The number of nitrogens with one attached hydrogen (secondary N) is 2. The van der Waals surface area contributed by atoms with Gasteiger partial charge in [0.15, 0.2) is 17.5 Å². The summed E-state index contributed by atoms with van der Waals surface area (Å²) in [6, 6.07) is 4.07. The zero-order valence-electron chi connectivity index (χ0n) is 14.9. The van der Waals surface area contributed by atoms with Gasteiger partial charge in [0.25, 0.3) is 0 Å². The molecule has 6 nitrogen and oxygen atoms in total. The summed E-state index contributed by atoms with van der Waals surface area (Å²) in [5.74, 6) is -0.955. The smallest absolute Gasteiger partial charge is 0.406 e. The summed E-state index contributed by atoms with van der Waals surface area (Å²) in [5.41, 5.74) is 0.603. The molecule has 2 N–H and O–H groups in total. The van der Waals surface area contributed by atoms with Crippen molar-refractivity contribution >= 4 is 11.9 Å². The van der Waals surface area contributed by atoms with E-state index in [1.165, 1.54) is 26.3 Å². The van der Waals surface area contributed by atoms with Gasteiger partial charge in [-0.15, -0.1) is 0 Å². The Kier molecular flexibility index (Phi) is 7.66. The average molecular weight is 378 g/mol. The molecule has 0 heterocycles. The molecule has 0 bridgehead atoms. The standard InChI is InChI=1S/C16H22F4N4O2/c1-10(11-5-6-13(26-4)12(17)7-11)23-15(21-2)22-8-14(25)24(3)9-16(18,19)20/h5-7,10H,8-9H2,1-4H3,(H2,21,22,23). The fourth-order valence-electron chi connectivity index (χ4n) is 2.09. The normalized spacial score (nSPS) is 13.2. The highest BCUT2D eigenvalue weighted by Crippen LogP contribution is 2.21. The molecule has 0 saturated heterocycles. The molecule has 0 aliphatic heterocycles. The van der Waals surface area contributed by atoms with Crippen molar-refractivity contribution < 1.29 is 27.1 Å². The number of halogens is 4. The van der Waals surface area contributed by atoms with Crippen molar-refractivity contribution in [3.05, 3.63) is 29.6 Å². The summed E-state index contributed by atoms with van der Waals surface area (Å²) in [4.78, 5) is 16.2. The van der Waals surface area contributed by atoms with Gasteiger partial charge in [-0.1, -0.05) is 6.07 Å². The number of rotatable bonds is 6. The second-order valence-electron chi connectivity index (χ2n) is 5.55. The molecular formula is C16H22F4N4O2. The van der Waals surface area contributed by atoms with Gasteiger partial charge in [0.05, 0.1) is 19.7 Å². The molecule has 10 heteroatoms. The van der Waals surface area contributed by atoms with Gasteiger partial charge in [-0.2, -0.15) is 13.2 Å². The van der Waals surface area contributed by atoms with Crippen LogP contribution in [0.1, 0.15) is 18.5 Å². The lowest BCUT2D eigenvalue weighted by Gasteiger charge is -2.21. The number of benzene rings is 1. The van der Waals surface area contributed by atoms with Crippen LogP contribution in [0.25, 0.3) is 0 Å². The molecule has 1 aromatic carbocycles. The third-order valence-corrected chi connectivity index (χ3v) is 3.50. The van der Waals surface area contributed by atoms with Crippen LogP contribution in [0.5, 0.6) is 5.75 Å². The molecule has 1 amide bonds. The fraction of sp³-hybridized carbons (Fsp3) is 0.500. The van der Waals surface area contributed by atoms with E-state index in [0.717, 1.165) is 7.05 Å². The third kappa shape index (κ3) is 6.77. The van der Waals surface area contributed by atoms with Crippen molar-refractivity contribution in [2.24, 2.45) is 4.99 Å². The van der Waals surface area contributed by atoms with Crippen LogP contribution < -0.4 is 15.4 Å². The summed E-state index contributed by atoms with van der Waals surface area (Å²) in [6.45, 7) is 0.0444. The lowest BCUT2D eigenvalue weighted by atomic mass is 10.1. The lowest BCUT2D eigenvalue weighted by molar-refractivity contribution is -0.157. The van der Waals surface area contributed by atoms with E-state index in [1.807, 2.05) is 0 Å². The van der Waals surface area contributed by atoms with Crippen LogP contribution in [0.3, 0.4) is 0 Å². The highest BCUT2D eigenvalue weighted by Gasteiger charge is 2.31. The minimum Gasteiger partial charge on any atom is -0.494 e. The Balaban J connectivity index is 2.62. The molecule has 26 heavy (non-hydrogen) atoms. The Morgan fingerprint density at radius 1 is 1.38 bits per heavy atom. The van der Waals surface area contributed by atoms with Crippen LogP contribution in [0, 0.1) is 5.82 Å². The van der Waals surface area contributed by atoms with Crippen molar-refractivity contribution in [3.8, 4) is 5.75 Å². The molecule has 0 aromatic heterocycles. The van der Waals surface area contributed by atoms with Crippen molar-refractivity contribution in [1.82, 2.24) is 15.5 Å². The Labute approximate surface area is 149 Å². The first-order valence-corrected chi connectivity index (χ1v) is 7.68. The number of hydrogen-bond donors (Lipinski definition) is 2. The topological polar surface area (TPSA) is 66.0 Å². The monoisotopic (exact) mass is 378 g/mol. The van der Waals surface area contributed by atoms with Gasteiger partial charge >= 0.3 is 6.18 Å². The van der Waals surface area contributed by atoms with Crippen LogP contribution >= 0.6 is 0 Å². The largest absolute Gasteiger partial charge is 0.494 e. The number of likely N-dealkylation sites (N-methyl/N-ethyl adjacent to an activating group) is 1. The number of hydrogen-bond acceptors (Lipinski definition) is 3. The van der Waals surface area contributed by atoms with Gasteiger partial charge in [-0.05, 0) is 24.6 Å². The predicted octanol–water partition coefficient (Wildman–Crippen LogP) is 2.08. The Morgan fingerprint density at radius 3 is 2.54 bits per heavy atom. The lowest BCUT2D eigenvalue weighted by Crippen LogP contribution is -2.46. The molecule has 0 aliphatic rings. The molecule has 0 saturated carbocycles. The summed E-state index contributed by atoms with van der Waals surface area (Å²) in [5, 5.41) is 5.56. The second-order valence-corrected chi connectivity index (χ2v) is 5.55. The van der Waals surface area contributed by atoms with Gasteiger partial charge in [0.1, 0.15) is 6.54 Å². The number of guanidine groups is 1. The number of ether oxygens (including phenoxy) is 1. The average Bonchev–Trinajstić information content (AvgIpc) is 2.56. The quantitative estimate of drug-likeness (QED) is 0.452. The van der Waals surface area contributed by atoms with E-state index in [1.54, 1.807) is 13.0 Å². The maximum atomic E-state index is 13.8. The van der Waals surface area contributed by atoms with Gasteiger partial charge in [-0.3, -0.25) is 9.79 Å². The zero-order chi connectivity index (χ0) is 19.9. The molecule has 1 rings (SSSR count). The van der Waals surface area contributed by atoms with E-state index >= 15 is 0 Å². The maximum Gasteiger partial charge on any atom is 0.406 e. The minimum absolute atomic E-state index is 0.113. The summed E-state index contributed by atoms with van der Waals surface area (Å²) < 4.78 is 55.5. The molecule has 0 spiro atoms. The van der Waals surface area contributed by atoms with E-state index in [9.17, 15) is 22.4 Å². The van der Waals surface area contributed by atoms with Crippen LogP contribution in [0.2, 0.25) is 0 Å². The van der Waals surface area contributed by atoms with Crippen LogP contribution in [0.4, 0.5) is 17.6 Å². The van der Waals surface area contributed by atoms with E-state index < -0.39 is 24.4 Å². The minimum atomic E-state index is -4.46. The van der Waals surface area contributed by atoms with Gasteiger partial charge in [-0.25, -0.2) is 4.39 Å². The zero-order valence-corrected chi connectivity index (χ0v) is 14.9. The molecule has 0 radical (unpaired) electrons. The number of alkyl halides is 3. The second kappa shape index (κ2) is 9.25. The van der Waals surface area contributed by atoms with Crippen molar-refractivity contribution in [2.45, 2.75) is 19.1 Å². The number of carbonyl (C=O) groups excluding carboxylic acids is 1. The molecule has 146 valence electrons. The highest BCUT2D eigenvalue weighted by molar-refractivity contribution is 5.86. The van der Waals surface area contributed by atoms with Gasteiger partial charge < -0.3 is 20.3 Å². The van der Waals surface area contributed by atoms with E-state index in [2.05, 4.69) is 15.6 Å². The first-order valence-electron chi connectivity index (χ1n) is 7.68. The van der Waals surface area contributed by atoms with Crippen molar-refractivity contribution in [2.75, 3.05) is 34.3 Å². The number of nitrogens with zero attached hydrogens (tertiary/aromatic N) is 2. The molecule has 0 aliphatic carbocycles. The molecule has 1 atom stereocenters. The first-order chi connectivity index (χ1) is 12.1. The molecular weight excluding hydrogens is 356 g/mol. The van der Waals surface area contributed by atoms with E-state index in [4.69, 9.17) is 4.74 Å². The Bertz CT molecular complexity index is 650. The SMILES string of the molecule is CN=C(NCC(=O)N(C)CC(F)(F)F)NC(C)c1ccc(OC)c(F)c1. The number of carbonyl (C=O) groups is 1. The Hall–Kier alpha value is -2.52. The van der Waals surface area contributed by atoms with Crippen molar-refractivity contribution in [3.63, 3.8) is 0 Å². The van der Waals surface area contributed by atoms with Crippen LogP contribution in [0.15, 0.2) is 23.2 Å². The maximum absolute atomic E-state index is 13.8. The molecule has 0 fully saturated rings.